The summed E-state index contributed by atoms with van der Waals surface area (Å²) in [6.07, 6.45) is 0. The Morgan fingerprint density at radius 3 is 2.00 bits per heavy atom. The van der Waals surface area contributed by atoms with Gasteiger partial charge in [-0.3, -0.25) is 0 Å². The monoisotopic (exact) mass is 779 g/mol. The molecular formula is C55H38BN5. The molecule has 0 radical (unpaired) electrons. The van der Waals surface area contributed by atoms with Gasteiger partial charge in [0, 0.05) is 56.8 Å². The Labute approximate surface area is 353 Å². The van der Waals surface area contributed by atoms with Crippen molar-refractivity contribution in [2.24, 2.45) is 7.05 Å². The van der Waals surface area contributed by atoms with Crippen molar-refractivity contribution in [1.82, 2.24) is 18.7 Å². The van der Waals surface area contributed by atoms with E-state index in [-0.39, 0.29) is 0 Å². The zero-order valence-corrected chi connectivity index (χ0v) is 33.8. The molecule has 0 spiro atoms. The number of fused-ring (bicyclic) bond motifs is 11. The molecule has 5 nitrogen and oxygen atoms in total. The van der Waals surface area contributed by atoms with Crippen molar-refractivity contribution < 1.29 is 0 Å². The lowest BCUT2D eigenvalue weighted by atomic mass is 9.59. The second-order valence-corrected chi connectivity index (χ2v) is 16.6. The van der Waals surface area contributed by atoms with Crippen LogP contribution in [-0.4, -0.2) is 26.0 Å². The molecule has 0 atom stereocenters. The van der Waals surface area contributed by atoms with Crippen LogP contribution in [0.3, 0.4) is 0 Å². The summed E-state index contributed by atoms with van der Waals surface area (Å²) in [5.74, 6) is 0.967. The van der Waals surface area contributed by atoms with Gasteiger partial charge in [-0.1, -0.05) is 138 Å². The highest BCUT2D eigenvalue weighted by atomic mass is 15.1. The molecule has 12 aromatic rings. The van der Waals surface area contributed by atoms with E-state index >= 15 is 0 Å². The first-order chi connectivity index (χ1) is 30.1. The predicted molar refractivity (Wildman–Crippen MR) is 259 cm³/mol. The fourth-order valence-corrected chi connectivity index (χ4v) is 10.3. The average molecular weight is 780 g/mol. The van der Waals surface area contributed by atoms with Gasteiger partial charge in [-0.15, -0.1) is 0 Å². The van der Waals surface area contributed by atoms with E-state index < -0.39 is 0 Å². The molecule has 0 aliphatic carbocycles. The van der Waals surface area contributed by atoms with Crippen LogP contribution in [0.2, 0.25) is 0 Å². The summed E-state index contributed by atoms with van der Waals surface area (Å²) in [6, 6.07) is 66.6. The van der Waals surface area contributed by atoms with Gasteiger partial charge in [0.2, 0.25) is 0 Å². The summed E-state index contributed by atoms with van der Waals surface area (Å²) in [6.45, 7) is 2.13. The zero-order chi connectivity index (χ0) is 40.3. The minimum absolute atomic E-state index is 0.759. The molecule has 1 aliphatic heterocycles. The Bertz CT molecular complexity index is 3720. The van der Waals surface area contributed by atoms with E-state index in [1.54, 1.807) is 0 Å². The zero-order valence-electron chi connectivity index (χ0n) is 33.8. The van der Waals surface area contributed by atoms with Crippen LogP contribution in [0.15, 0.2) is 182 Å². The highest BCUT2D eigenvalue weighted by Crippen LogP contribution is 2.45. The maximum atomic E-state index is 5.28. The summed E-state index contributed by atoms with van der Waals surface area (Å²) in [5.41, 5.74) is 18.8. The molecule has 0 saturated carbocycles. The van der Waals surface area contributed by atoms with Crippen molar-refractivity contribution in [3.63, 3.8) is 0 Å². The molecule has 4 heterocycles. The van der Waals surface area contributed by atoms with Gasteiger partial charge in [0.25, 0.3) is 0 Å². The van der Waals surface area contributed by atoms with Crippen LogP contribution in [-0.2, 0) is 7.05 Å². The number of nitrogens with one attached hydrogen (secondary N) is 1. The molecule has 0 bridgehead atoms. The fraction of sp³-hybridized carbons (Fsp3) is 0.0364. The normalized spacial score (nSPS) is 12.2. The number of aromatic nitrogens is 4. The van der Waals surface area contributed by atoms with Crippen LogP contribution < -0.4 is 16.2 Å². The molecule has 3 aromatic heterocycles. The van der Waals surface area contributed by atoms with Gasteiger partial charge in [-0.2, -0.15) is 0 Å². The number of hydrogen-bond donors (Lipinski definition) is 1. The molecule has 0 fully saturated rings. The first-order valence-electron chi connectivity index (χ1n) is 21.1. The molecule has 1 N–H and O–H groups in total. The predicted octanol–water partition coefficient (Wildman–Crippen LogP) is 12.0. The highest BCUT2D eigenvalue weighted by Gasteiger charge is 2.31. The van der Waals surface area contributed by atoms with Crippen LogP contribution >= 0.6 is 0 Å². The van der Waals surface area contributed by atoms with Gasteiger partial charge in [0.05, 0.1) is 38.8 Å². The lowest BCUT2D eigenvalue weighted by Crippen LogP contribution is -2.37. The van der Waals surface area contributed by atoms with E-state index in [9.17, 15) is 0 Å². The second kappa shape index (κ2) is 12.8. The third-order valence-electron chi connectivity index (χ3n) is 13.1. The first-order valence-corrected chi connectivity index (χ1v) is 21.1. The second-order valence-electron chi connectivity index (χ2n) is 16.6. The first kappa shape index (κ1) is 34.1. The molecule has 61 heavy (non-hydrogen) atoms. The maximum Gasteiger partial charge on any atom is 0.198 e. The summed E-state index contributed by atoms with van der Waals surface area (Å²) >= 11 is 0. The van der Waals surface area contributed by atoms with E-state index in [1.165, 1.54) is 87.8 Å². The Morgan fingerprint density at radius 2 is 1.21 bits per heavy atom. The van der Waals surface area contributed by atoms with Gasteiger partial charge < -0.3 is 19.0 Å². The standard InChI is InChI=1S/C55H38BN5/c1-33-24-27-36(28-25-33)57-43-21-11-8-18-38(43)41-30-50(60-45-22-12-9-19-39(45)40-20-10-13-23-46(40)60)52-51-37-17-7-6-14-34(37)26-29-47(51)61-48-32-49-44(31-42(48)56-53(41)54(52)61)58-55(59(49)2)35-15-4-3-5-16-35/h3-32,56-57H,1-2H3. The van der Waals surface area contributed by atoms with Crippen molar-refractivity contribution >= 4 is 95.0 Å². The smallest absolute Gasteiger partial charge is 0.198 e. The summed E-state index contributed by atoms with van der Waals surface area (Å²) in [7, 11) is 2.91. The fourth-order valence-electron chi connectivity index (χ4n) is 10.3. The summed E-state index contributed by atoms with van der Waals surface area (Å²) < 4.78 is 7.36. The van der Waals surface area contributed by atoms with Gasteiger partial charge in [0.1, 0.15) is 5.82 Å². The molecule has 0 amide bonds. The molecule has 9 aromatic carbocycles. The van der Waals surface area contributed by atoms with Crippen LogP contribution in [0.5, 0.6) is 0 Å². The Kier molecular flexibility index (Phi) is 7.17. The Hall–Kier alpha value is -7.83. The van der Waals surface area contributed by atoms with E-state index in [2.05, 4.69) is 215 Å². The minimum Gasteiger partial charge on any atom is -0.355 e. The van der Waals surface area contributed by atoms with Crippen LogP contribution in [0.1, 0.15) is 5.56 Å². The Balaban J connectivity index is 1.21. The minimum atomic E-state index is 0.759. The summed E-state index contributed by atoms with van der Waals surface area (Å²) in [5, 5.41) is 11.3. The van der Waals surface area contributed by atoms with Gasteiger partial charge in [0.15, 0.2) is 7.28 Å². The molecule has 0 saturated heterocycles. The van der Waals surface area contributed by atoms with E-state index in [1.807, 2.05) is 0 Å². The molecular weight excluding hydrogens is 741 g/mol. The van der Waals surface area contributed by atoms with Crippen molar-refractivity contribution in [3.05, 3.63) is 188 Å². The van der Waals surface area contributed by atoms with Crippen molar-refractivity contribution in [2.75, 3.05) is 5.32 Å². The van der Waals surface area contributed by atoms with Crippen LogP contribution in [0, 0.1) is 6.92 Å². The van der Waals surface area contributed by atoms with Crippen molar-refractivity contribution in [1.29, 1.82) is 0 Å². The molecule has 6 heteroatoms. The molecule has 286 valence electrons. The lowest BCUT2D eigenvalue weighted by Gasteiger charge is -2.25. The number of benzene rings is 9. The number of para-hydroxylation sites is 3. The third-order valence-corrected chi connectivity index (χ3v) is 13.1. The maximum absolute atomic E-state index is 5.28. The van der Waals surface area contributed by atoms with Gasteiger partial charge >= 0.3 is 0 Å². The van der Waals surface area contributed by atoms with Crippen molar-refractivity contribution in [3.8, 4) is 33.9 Å². The van der Waals surface area contributed by atoms with Gasteiger partial charge in [-0.05, 0) is 83.3 Å². The van der Waals surface area contributed by atoms with Crippen LogP contribution in [0.4, 0.5) is 11.4 Å². The van der Waals surface area contributed by atoms with Crippen LogP contribution in [0.25, 0.3) is 99.3 Å². The van der Waals surface area contributed by atoms with E-state index in [0.717, 1.165) is 46.6 Å². The Morgan fingerprint density at radius 1 is 0.525 bits per heavy atom. The highest BCUT2D eigenvalue weighted by molar-refractivity contribution is 6.74. The largest absolute Gasteiger partial charge is 0.355 e. The number of hydrogen-bond acceptors (Lipinski definition) is 2. The third kappa shape index (κ3) is 4.93. The number of imidazole rings is 1. The topological polar surface area (TPSA) is 39.7 Å². The quantitative estimate of drug-likeness (QED) is 0.177. The number of aryl methyl sites for hydroxylation is 2. The SMILES string of the molecule is Cc1ccc(Nc2ccccc2-c2cc(-n3c4ccccc4c4ccccc43)c3c4c5ccccc5ccc4n4c3c2Bc2cc3nc(-c5ccccc5)n(C)c3cc2-4)cc1. The number of rotatable bonds is 5. The van der Waals surface area contributed by atoms with E-state index in [4.69, 9.17) is 4.98 Å². The number of nitrogens with zero attached hydrogens (tertiary/aromatic N) is 4. The molecule has 0 unspecified atom stereocenters. The summed E-state index contributed by atoms with van der Waals surface area (Å²) in [4.78, 5) is 5.28. The van der Waals surface area contributed by atoms with Gasteiger partial charge in [-0.25, -0.2) is 4.98 Å². The van der Waals surface area contributed by atoms with E-state index in [0.29, 0.717) is 0 Å². The lowest BCUT2D eigenvalue weighted by molar-refractivity contribution is 0.958. The molecule has 1 aliphatic rings. The number of anilines is 2. The van der Waals surface area contributed by atoms with Crippen molar-refractivity contribution in [2.45, 2.75) is 6.92 Å². The average Bonchev–Trinajstić information content (AvgIpc) is 3.95. The molecule has 13 rings (SSSR count).